The van der Waals surface area contributed by atoms with Gasteiger partial charge in [-0.15, -0.1) is 0 Å². The number of anilines is 2. The Morgan fingerprint density at radius 1 is 1.23 bits per heavy atom. The third-order valence-corrected chi connectivity index (χ3v) is 9.39. The van der Waals surface area contributed by atoms with Gasteiger partial charge in [-0.1, -0.05) is 29.3 Å². The van der Waals surface area contributed by atoms with Gasteiger partial charge in [0.2, 0.25) is 0 Å². The topological polar surface area (TPSA) is 101 Å². The van der Waals surface area contributed by atoms with Crippen LogP contribution in [0.3, 0.4) is 0 Å². The zero-order valence-electron chi connectivity index (χ0n) is 22.5. The van der Waals surface area contributed by atoms with Gasteiger partial charge in [0.15, 0.2) is 0 Å². The van der Waals surface area contributed by atoms with Crippen molar-refractivity contribution in [2.45, 2.75) is 51.6 Å². The number of hydrogen-bond donors (Lipinski definition) is 1. The van der Waals surface area contributed by atoms with Crippen molar-refractivity contribution in [2.75, 3.05) is 43.5 Å². The second-order valence-corrected chi connectivity index (χ2v) is 12.4. The van der Waals surface area contributed by atoms with E-state index in [0.717, 1.165) is 50.4 Å². The molecule has 9 nitrogen and oxygen atoms in total. The number of esters is 1. The maximum absolute atomic E-state index is 12.1. The molecule has 210 valence electrons. The minimum atomic E-state index is -0.420. The maximum Gasteiger partial charge on any atom is 0.311 e. The van der Waals surface area contributed by atoms with Gasteiger partial charge < -0.3 is 19.9 Å². The van der Waals surface area contributed by atoms with Crippen molar-refractivity contribution in [2.24, 2.45) is 17.3 Å². The number of nitrogens with zero attached hydrogens (tertiary/aromatic N) is 4. The summed E-state index contributed by atoms with van der Waals surface area (Å²) in [4.78, 5) is 32.6. The van der Waals surface area contributed by atoms with E-state index in [1.807, 2.05) is 19.9 Å². The van der Waals surface area contributed by atoms with Gasteiger partial charge in [-0.3, -0.25) is 14.9 Å². The fourth-order valence-electron chi connectivity index (χ4n) is 6.44. The summed E-state index contributed by atoms with van der Waals surface area (Å²) in [7, 11) is 1.47. The molecular formula is C28H35Cl2N5O4. The number of pyridine rings is 1. The van der Waals surface area contributed by atoms with Gasteiger partial charge in [-0.25, -0.2) is 4.98 Å². The molecule has 2 aliphatic heterocycles. The van der Waals surface area contributed by atoms with Crippen molar-refractivity contribution in [1.82, 2.24) is 9.88 Å². The lowest BCUT2D eigenvalue weighted by Crippen LogP contribution is -2.58. The highest BCUT2D eigenvalue weighted by Gasteiger charge is 2.50. The summed E-state index contributed by atoms with van der Waals surface area (Å²) in [6.07, 6.45) is 5.44. The van der Waals surface area contributed by atoms with Crippen molar-refractivity contribution in [3.63, 3.8) is 0 Å². The number of carbonyl (C=O) groups excluding carboxylic acids is 1. The molecule has 1 saturated carbocycles. The van der Waals surface area contributed by atoms with Crippen LogP contribution in [0.1, 0.15) is 51.1 Å². The monoisotopic (exact) mass is 575 g/mol. The smallest absolute Gasteiger partial charge is 0.311 e. The van der Waals surface area contributed by atoms with E-state index in [-0.39, 0.29) is 23.1 Å². The molecule has 11 heteroatoms. The number of nitrogens with one attached hydrogen (secondary N) is 1. The number of nitro groups is 1. The average molecular weight is 577 g/mol. The number of carbonyl (C=O) groups is 1. The molecule has 0 spiro atoms. The van der Waals surface area contributed by atoms with E-state index < -0.39 is 4.92 Å². The molecule has 2 saturated heterocycles. The van der Waals surface area contributed by atoms with E-state index in [2.05, 4.69) is 20.1 Å². The normalized spacial score (nSPS) is 26.3. The predicted molar refractivity (Wildman–Crippen MR) is 153 cm³/mol. The fraction of sp³-hybridized carbons (Fsp3) is 0.571. The Bertz CT molecular complexity index is 1250. The Labute approximate surface area is 238 Å². The second-order valence-electron chi connectivity index (χ2n) is 11.5. The summed E-state index contributed by atoms with van der Waals surface area (Å²) in [5.41, 5.74) is 0.797. The van der Waals surface area contributed by atoms with Gasteiger partial charge in [0.05, 0.1) is 23.5 Å². The number of benzene rings is 1. The molecule has 3 heterocycles. The average Bonchev–Trinajstić information content (AvgIpc) is 2.85. The standard InChI is InChI=1S/C28H35Cl2N5O4/c1-17(22-7-6-20(29)9-23(22)30)32-24-10-26(31-13-25(24)35(37)38)34-15-19(16-34)18-5-4-8-33(14-18)21-11-28(2,12-21)27(36)39-3/h6-7,9-10,13,17-19,21H,4-5,8,11-12,14-16H2,1-3H3,(H,31,32)/t17-,18+,21?,28?/m1/s1. The lowest BCUT2D eigenvalue weighted by molar-refractivity contribution is -0.384. The molecule has 0 bridgehead atoms. The lowest BCUT2D eigenvalue weighted by atomic mass is 9.65. The minimum absolute atomic E-state index is 0.0739. The van der Waals surface area contributed by atoms with Crippen LogP contribution in [0.5, 0.6) is 0 Å². The molecule has 0 amide bonds. The fourth-order valence-corrected chi connectivity index (χ4v) is 7.01. The summed E-state index contributed by atoms with van der Waals surface area (Å²) in [5.74, 6) is 1.79. The van der Waals surface area contributed by atoms with Crippen molar-refractivity contribution in [1.29, 1.82) is 0 Å². The Kier molecular flexibility index (Phi) is 7.95. The van der Waals surface area contributed by atoms with Crippen LogP contribution in [0.4, 0.5) is 17.2 Å². The summed E-state index contributed by atoms with van der Waals surface area (Å²) in [5, 5.41) is 16.0. The molecule has 1 aromatic heterocycles. The van der Waals surface area contributed by atoms with Crippen molar-refractivity contribution in [3.8, 4) is 0 Å². The van der Waals surface area contributed by atoms with Gasteiger partial charge in [0.25, 0.3) is 0 Å². The van der Waals surface area contributed by atoms with Crippen LogP contribution in [0.25, 0.3) is 0 Å². The molecule has 1 aromatic carbocycles. The van der Waals surface area contributed by atoms with Crippen LogP contribution in [-0.2, 0) is 9.53 Å². The van der Waals surface area contributed by atoms with E-state index in [1.54, 1.807) is 18.2 Å². The van der Waals surface area contributed by atoms with Gasteiger partial charge in [0, 0.05) is 41.8 Å². The highest BCUT2D eigenvalue weighted by Crippen LogP contribution is 2.46. The first-order valence-corrected chi connectivity index (χ1v) is 14.3. The Morgan fingerprint density at radius 2 is 1.97 bits per heavy atom. The first kappa shape index (κ1) is 27.9. The first-order chi connectivity index (χ1) is 18.6. The summed E-state index contributed by atoms with van der Waals surface area (Å²) in [6.45, 7) is 7.82. The Balaban J connectivity index is 1.21. The number of ether oxygens (including phenoxy) is 1. The number of methoxy groups -OCH3 is 1. The molecule has 0 unspecified atom stereocenters. The van der Waals surface area contributed by atoms with Crippen molar-refractivity contribution < 1.29 is 14.5 Å². The molecule has 1 aliphatic carbocycles. The van der Waals surface area contributed by atoms with E-state index in [1.165, 1.54) is 26.1 Å². The van der Waals surface area contributed by atoms with Crippen LogP contribution in [0.2, 0.25) is 10.0 Å². The largest absolute Gasteiger partial charge is 0.469 e. The Hall–Kier alpha value is -2.62. The molecule has 1 N–H and O–H groups in total. The van der Waals surface area contributed by atoms with Crippen LogP contribution >= 0.6 is 23.2 Å². The SMILES string of the molecule is COC(=O)C1(C)CC(N2CCC[C@H](C3CN(c4cc(N[C@H](C)c5ccc(Cl)cc5Cl)c([N+](=O)[O-])cn4)C3)C2)C1. The third-order valence-electron chi connectivity index (χ3n) is 8.82. The van der Waals surface area contributed by atoms with E-state index in [9.17, 15) is 14.9 Å². The quantitative estimate of drug-likeness (QED) is 0.234. The molecule has 2 aromatic rings. The van der Waals surface area contributed by atoms with Gasteiger partial charge in [-0.05, 0) is 75.6 Å². The lowest BCUT2D eigenvalue weighted by Gasteiger charge is -2.52. The van der Waals surface area contributed by atoms with Crippen molar-refractivity contribution in [3.05, 3.63) is 56.2 Å². The molecule has 3 aliphatic rings. The molecule has 3 fully saturated rings. The van der Waals surface area contributed by atoms with Crippen molar-refractivity contribution >= 4 is 46.4 Å². The number of aromatic nitrogens is 1. The second kappa shape index (κ2) is 11.1. The van der Waals surface area contributed by atoms with Crippen LogP contribution in [-0.4, -0.2) is 60.1 Å². The maximum atomic E-state index is 12.1. The van der Waals surface area contributed by atoms with Crippen LogP contribution in [0, 0.1) is 27.4 Å². The van der Waals surface area contributed by atoms with E-state index in [4.69, 9.17) is 27.9 Å². The third kappa shape index (κ3) is 5.67. The highest BCUT2D eigenvalue weighted by molar-refractivity contribution is 6.35. The van der Waals surface area contributed by atoms with Gasteiger partial charge in [0.1, 0.15) is 17.7 Å². The minimum Gasteiger partial charge on any atom is -0.469 e. The zero-order valence-corrected chi connectivity index (χ0v) is 24.0. The molecule has 2 atom stereocenters. The molecule has 5 rings (SSSR count). The summed E-state index contributed by atoms with van der Waals surface area (Å²) >= 11 is 12.4. The summed E-state index contributed by atoms with van der Waals surface area (Å²) in [6, 6.07) is 7.19. The predicted octanol–water partition coefficient (Wildman–Crippen LogP) is 5.96. The number of likely N-dealkylation sites (tertiary alicyclic amines) is 1. The zero-order chi connectivity index (χ0) is 27.9. The van der Waals surface area contributed by atoms with Crippen LogP contribution < -0.4 is 10.2 Å². The first-order valence-electron chi connectivity index (χ1n) is 13.5. The highest BCUT2D eigenvalue weighted by atomic mass is 35.5. The number of piperidine rings is 1. The summed E-state index contributed by atoms with van der Waals surface area (Å²) < 4.78 is 4.99. The number of hydrogen-bond acceptors (Lipinski definition) is 8. The molecular weight excluding hydrogens is 541 g/mol. The van der Waals surface area contributed by atoms with Gasteiger partial charge >= 0.3 is 11.7 Å². The van der Waals surface area contributed by atoms with Crippen LogP contribution in [0.15, 0.2) is 30.5 Å². The number of halogens is 2. The number of rotatable bonds is 8. The Morgan fingerprint density at radius 3 is 2.64 bits per heavy atom. The van der Waals surface area contributed by atoms with E-state index >= 15 is 0 Å². The van der Waals surface area contributed by atoms with E-state index in [0.29, 0.717) is 33.6 Å². The molecule has 39 heavy (non-hydrogen) atoms. The van der Waals surface area contributed by atoms with Gasteiger partial charge in [-0.2, -0.15) is 0 Å². The molecule has 0 radical (unpaired) electrons.